The Morgan fingerprint density at radius 3 is 2.19 bits per heavy atom. The van der Waals surface area contributed by atoms with E-state index in [1.165, 1.54) is 12.1 Å². The fourth-order valence-electron chi connectivity index (χ4n) is 4.29. The van der Waals surface area contributed by atoms with Crippen LogP contribution in [0.3, 0.4) is 0 Å². The van der Waals surface area contributed by atoms with Gasteiger partial charge in [0.05, 0.1) is 18.8 Å². The minimum absolute atomic E-state index is 0.0303. The maximum atomic E-state index is 12.9. The number of halogens is 3. The first-order valence-corrected chi connectivity index (χ1v) is 10.7. The Morgan fingerprint density at radius 1 is 1.09 bits per heavy atom. The summed E-state index contributed by atoms with van der Waals surface area (Å²) in [6.45, 7) is 2.35. The topological polar surface area (TPSA) is 53.0 Å². The van der Waals surface area contributed by atoms with Crippen LogP contribution in [0.25, 0.3) is 0 Å². The molecule has 8 heteroatoms. The second-order valence-electron chi connectivity index (χ2n) is 8.73. The number of ether oxygens (including phenoxy) is 1. The summed E-state index contributed by atoms with van der Waals surface area (Å²) in [4.78, 5) is 16.8. The van der Waals surface area contributed by atoms with E-state index in [0.29, 0.717) is 25.2 Å². The molecule has 1 amide bonds. The van der Waals surface area contributed by atoms with Crippen molar-refractivity contribution in [2.75, 3.05) is 33.4 Å². The average molecular weight is 448 g/mol. The molecule has 0 unspecified atom stereocenters. The van der Waals surface area contributed by atoms with Crippen LogP contribution in [0.4, 0.5) is 13.2 Å². The zero-order chi connectivity index (χ0) is 22.9. The SMILES string of the molecule is CN(Cc1ccc(C(F)(F)F)cc1)C1CCN(C(=O)c2ccc(C3(O)COC3)cc2)CC1. The molecule has 0 spiro atoms. The first-order valence-electron chi connectivity index (χ1n) is 10.7. The number of hydrogen-bond acceptors (Lipinski definition) is 4. The number of piperidine rings is 1. The smallest absolute Gasteiger partial charge is 0.380 e. The van der Waals surface area contributed by atoms with Crippen LogP contribution in [-0.4, -0.2) is 60.2 Å². The van der Waals surface area contributed by atoms with Crippen LogP contribution in [0, 0.1) is 0 Å². The molecule has 172 valence electrons. The lowest BCUT2D eigenvalue weighted by molar-refractivity contribution is -0.184. The van der Waals surface area contributed by atoms with Crippen LogP contribution < -0.4 is 0 Å². The molecule has 1 N–H and O–H groups in total. The van der Waals surface area contributed by atoms with Gasteiger partial charge in [0.2, 0.25) is 0 Å². The van der Waals surface area contributed by atoms with Gasteiger partial charge >= 0.3 is 6.18 Å². The molecule has 4 rings (SSSR count). The van der Waals surface area contributed by atoms with E-state index in [-0.39, 0.29) is 25.2 Å². The fourth-order valence-corrected chi connectivity index (χ4v) is 4.29. The highest BCUT2D eigenvalue weighted by molar-refractivity contribution is 5.94. The van der Waals surface area contributed by atoms with Gasteiger partial charge in [-0.3, -0.25) is 9.69 Å². The van der Waals surface area contributed by atoms with Crippen molar-refractivity contribution in [1.82, 2.24) is 9.80 Å². The summed E-state index contributed by atoms with van der Waals surface area (Å²) in [5.41, 5.74) is 0.590. The lowest BCUT2D eigenvalue weighted by atomic mass is 9.91. The molecule has 2 aromatic rings. The standard InChI is InChI=1S/C24H27F3N2O3/c1-28(14-17-2-6-20(7-3-17)24(25,26)27)21-10-12-29(13-11-21)22(30)18-4-8-19(9-5-18)23(31)15-32-16-23/h2-9,21,31H,10-16H2,1H3. The second kappa shape index (κ2) is 8.84. The molecule has 2 fully saturated rings. The maximum absolute atomic E-state index is 12.9. The molecular formula is C24H27F3N2O3. The van der Waals surface area contributed by atoms with E-state index in [4.69, 9.17) is 4.74 Å². The Balaban J connectivity index is 1.29. The van der Waals surface area contributed by atoms with Gasteiger partial charge in [-0.05, 0) is 55.3 Å². The number of carbonyl (C=O) groups excluding carboxylic acids is 1. The predicted octanol–water partition coefficient (Wildman–Crippen LogP) is 3.66. The van der Waals surface area contributed by atoms with E-state index in [9.17, 15) is 23.1 Å². The zero-order valence-electron chi connectivity index (χ0n) is 17.9. The minimum Gasteiger partial charge on any atom is -0.380 e. The van der Waals surface area contributed by atoms with Crippen LogP contribution >= 0.6 is 0 Å². The number of amides is 1. The summed E-state index contributed by atoms with van der Waals surface area (Å²) in [6.07, 6.45) is -2.72. The molecule has 0 aromatic heterocycles. The van der Waals surface area contributed by atoms with Gasteiger partial charge < -0.3 is 14.7 Å². The van der Waals surface area contributed by atoms with Gasteiger partial charge in [0.1, 0.15) is 5.60 Å². The van der Waals surface area contributed by atoms with Crippen molar-refractivity contribution in [3.63, 3.8) is 0 Å². The normalized spacial score (nSPS) is 19.1. The van der Waals surface area contributed by atoms with Crippen molar-refractivity contribution in [1.29, 1.82) is 0 Å². The van der Waals surface area contributed by atoms with E-state index >= 15 is 0 Å². The van der Waals surface area contributed by atoms with Gasteiger partial charge in [0, 0.05) is 31.2 Å². The number of aliphatic hydroxyl groups is 1. The first-order chi connectivity index (χ1) is 15.2. The number of alkyl halides is 3. The van der Waals surface area contributed by atoms with Crippen LogP contribution in [0.15, 0.2) is 48.5 Å². The summed E-state index contributed by atoms with van der Waals surface area (Å²) in [5.74, 6) is -0.0303. The van der Waals surface area contributed by atoms with E-state index in [0.717, 1.165) is 36.1 Å². The van der Waals surface area contributed by atoms with Crippen molar-refractivity contribution >= 4 is 5.91 Å². The second-order valence-corrected chi connectivity index (χ2v) is 8.73. The van der Waals surface area contributed by atoms with Gasteiger partial charge in [-0.1, -0.05) is 24.3 Å². The van der Waals surface area contributed by atoms with E-state index < -0.39 is 17.3 Å². The molecular weight excluding hydrogens is 421 g/mol. The Kier molecular flexibility index (Phi) is 6.29. The molecule has 5 nitrogen and oxygen atoms in total. The number of likely N-dealkylation sites (tertiary alicyclic amines) is 1. The summed E-state index contributed by atoms with van der Waals surface area (Å²) in [6, 6.07) is 12.6. The zero-order valence-corrected chi connectivity index (χ0v) is 17.9. The van der Waals surface area contributed by atoms with E-state index in [2.05, 4.69) is 4.90 Å². The van der Waals surface area contributed by atoms with Gasteiger partial charge in [-0.2, -0.15) is 13.2 Å². The highest BCUT2D eigenvalue weighted by atomic mass is 19.4. The third-order valence-corrected chi connectivity index (χ3v) is 6.44. The third-order valence-electron chi connectivity index (χ3n) is 6.44. The van der Waals surface area contributed by atoms with Crippen molar-refractivity contribution in [3.05, 3.63) is 70.8 Å². The van der Waals surface area contributed by atoms with Crippen LogP contribution in [-0.2, 0) is 23.1 Å². The molecule has 2 aliphatic rings. The van der Waals surface area contributed by atoms with Gasteiger partial charge in [0.15, 0.2) is 0 Å². The van der Waals surface area contributed by atoms with E-state index in [1.807, 2.05) is 11.9 Å². The first kappa shape index (κ1) is 22.8. The molecule has 0 aliphatic carbocycles. The van der Waals surface area contributed by atoms with Crippen molar-refractivity contribution in [2.45, 2.75) is 37.2 Å². The lowest BCUT2D eigenvalue weighted by Crippen LogP contribution is -2.46. The predicted molar refractivity (Wildman–Crippen MR) is 113 cm³/mol. The highest BCUT2D eigenvalue weighted by Gasteiger charge is 2.38. The Morgan fingerprint density at radius 2 is 1.69 bits per heavy atom. The molecule has 2 aliphatic heterocycles. The highest BCUT2D eigenvalue weighted by Crippen LogP contribution is 2.30. The molecule has 2 heterocycles. The number of benzene rings is 2. The number of carbonyl (C=O) groups is 1. The van der Waals surface area contributed by atoms with Crippen molar-refractivity contribution < 1.29 is 27.8 Å². The molecule has 2 aromatic carbocycles. The minimum atomic E-state index is -4.32. The van der Waals surface area contributed by atoms with Crippen molar-refractivity contribution in [2.24, 2.45) is 0 Å². The van der Waals surface area contributed by atoms with Crippen molar-refractivity contribution in [3.8, 4) is 0 Å². The molecule has 0 saturated carbocycles. The summed E-state index contributed by atoms with van der Waals surface area (Å²) in [7, 11) is 1.97. The Bertz CT molecular complexity index is 932. The van der Waals surface area contributed by atoms with Gasteiger partial charge in [-0.15, -0.1) is 0 Å². The summed E-state index contributed by atoms with van der Waals surface area (Å²) >= 11 is 0. The quantitative estimate of drug-likeness (QED) is 0.759. The number of nitrogens with zero attached hydrogens (tertiary/aromatic N) is 2. The maximum Gasteiger partial charge on any atom is 0.416 e. The third kappa shape index (κ3) is 4.82. The summed E-state index contributed by atoms with van der Waals surface area (Å²) < 4.78 is 43.3. The average Bonchev–Trinajstić information content (AvgIpc) is 2.77. The molecule has 0 atom stereocenters. The van der Waals surface area contributed by atoms with Crippen LogP contribution in [0.5, 0.6) is 0 Å². The molecule has 32 heavy (non-hydrogen) atoms. The van der Waals surface area contributed by atoms with E-state index in [1.54, 1.807) is 24.3 Å². The van der Waals surface area contributed by atoms with Gasteiger partial charge in [0.25, 0.3) is 5.91 Å². The monoisotopic (exact) mass is 448 g/mol. The molecule has 2 saturated heterocycles. The Labute approximate surface area is 185 Å². The number of hydrogen-bond donors (Lipinski definition) is 1. The molecule has 0 bridgehead atoms. The fraction of sp³-hybridized carbons (Fsp3) is 0.458. The van der Waals surface area contributed by atoms with Crippen LogP contribution in [0.2, 0.25) is 0 Å². The number of rotatable bonds is 5. The lowest BCUT2D eigenvalue weighted by Gasteiger charge is -2.37. The van der Waals surface area contributed by atoms with Gasteiger partial charge in [-0.25, -0.2) is 0 Å². The largest absolute Gasteiger partial charge is 0.416 e. The Hall–Kier alpha value is -2.42. The molecule has 0 radical (unpaired) electrons. The summed E-state index contributed by atoms with van der Waals surface area (Å²) in [5, 5.41) is 10.3. The van der Waals surface area contributed by atoms with Crippen LogP contribution in [0.1, 0.15) is 39.9 Å².